The number of amidine groups is 1. The Hall–Kier alpha value is -1.23. The summed E-state index contributed by atoms with van der Waals surface area (Å²) in [5.41, 5.74) is 6.16. The second-order valence-corrected chi connectivity index (χ2v) is 5.19. The van der Waals surface area contributed by atoms with Crippen LogP contribution in [0.5, 0.6) is 5.75 Å². The van der Waals surface area contributed by atoms with Gasteiger partial charge >= 0.3 is 0 Å². The summed E-state index contributed by atoms with van der Waals surface area (Å²) in [5, 5.41) is 11.6. The minimum atomic E-state index is 0.0848. The van der Waals surface area contributed by atoms with E-state index in [9.17, 15) is 0 Å². The van der Waals surface area contributed by atoms with Crippen LogP contribution >= 0.6 is 15.9 Å². The molecular formula is C13H19BrN2O2. The van der Waals surface area contributed by atoms with Gasteiger partial charge < -0.3 is 15.7 Å². The summed E-state index contributed by atoms with van der Waals surface area (Å²) < 4.78 is 6.53. The molecule has 1 aromatic carbocycles. The minimum absolute atomic E-state index is 0.0848. The summed E-state index contributed by atoms with van der Waals surface area (Å²) in [5.74, 6) is 1.39. The predicted molar refractivity (Wildman–Crippen MR) is 76.2 cm³/mol. The normalized spacial score (nSPS) is 13.4. The summed E-state index contributed by atoms with van der Waals surface area (Å²) >= 11 is 3.42. The molecular weight excluding hydrogens is 296 g/mol. The first-order chi connectivity index (χ1) is 8.58. The summed E-state index contributed by atoms with van der Waals surface area (Å²) in [6.45, 7) is 5.02. The largest absolute Gasteiger partial charge is 0.492 e. The third-order valence-corrected chi connectivity index (χ3v) is 3.26. The molecule has 18 heavy (non-hydrogen) atoms. The summed E-state index contributed by atoms with van der Waals surface area (Å²) in [7, 11) is 0. The van der Waals surface area contributed by atoms with E-state index < -0.39 is 0 Å². The number of halogens is 1. The monoisotopic (exact) mass is 314 g/mol. The van der Waals surface area contributed by atoms with Crippen molar-refractivity contribution in [3.8, 4) is 5.75 Å². The van der Waals surface area contributed by atoms with Crippen LogP contribution in [0.3, 0.4) is 0 Å². The average molecular weight is 315 g/mol. The molecule has 3 N–H and O–H groups in total. The minimum Gasteiger partial charge on any atom is -0.492 e. The maximum atomic E-state index is 8.60. The van der Waals surface area contributed by atoms with Gasteiger partial charge in [-0.2, -0.15) is 0 Å². The van der Waals surface area contributed by atoms with Crippen LogP contribution < -0.4 is 10.5 Å². The maximum absolute atomic E-state index is 8.60. The van der Waals surface area contributed by atoms with Crippen LogP contribution in [-0.4, -0.2) is 17.6 Å². The van der Waals surface area contributed by atoms with Gasteiger partial charge in [-0.3, -0.25) is 0 Å². The SMILES string of the molecule is CCCC(C)COc1ccc(/C(N)=N/O)cc1Br. The highest BCUT2D eigenvalue weighted by molar-refractivity contribution is 9.10. The molecule has 0 saturated heterocycles. The number of hydrogen-bond donors (Lipinski definition) is 2. The molecule has 0 aliphatic rings. The number of nitrogens with two attached hydrogens (primary N) is 1. The van der Waals surface area contributed by atoms with Gasteiger partial charge in [-0.1, -0.05) is 25.4 Å². The molecule has 4 nitrogen and oxygen atoms in total. The second kappa shape index (κ2) is 7.26. The molecule has 1 rings (SSSR count). The van der Waals surface area contributed by atoms with Gasteiger partial charge in [0.1, 0.15) is 5.75 Å². The highest BCUT2D eigenvalue weighted by Crippen LogP contribution is 2.26. The number of oxime groups is 1. The van der Waals surface area contributed by atoms with Gasteiger partial charge in [0, 0.05) is 5.56 Å². The van der Waals surface area contributed by atoms with E-state index in [0.717, 1.165) is 23.1 Å². The number of hydrogen-bond acceptors (Lipinski definition) is 3. The lowest BCUT2D eigenvalue weighted by Crippen LogP contribution is -2.13. The van der Waals surface area contributed by atoms with Crippen LogP contribution in [0.1, 0.15) is 32.3 Å². The van der Waals surface area contributed by atoms with E-state index in [1.165, 1.54) is 0 Å². The molecule has 0 radical (unpaired) electrons. The Morgan fingerprint density at radius 3 is 2.83 bits per heavy atom. The Bertz CT molecular complexity index is 421. The first kappa shape index (κ1) is 14.8. The first-order valence-corrected chi connectivity index (χ1v) is 6.78. The first-order valence-electron chi connectivity index (χ1n) is 5.98. The lowest BCUT2D eigenvalue weighted by Gasteiger charge is -2.13. The number of rotatable bonds is 6. The Balaban J connectivity index is 2.68. The van der Waals surface area contributed by atoms with Crippen molar-refractivity contribution in [3.05, 3.63) is 28.2 Å². The van der Waals surface area contributed by atoms with E-state index in [-0.39, 0.29) is 5.84 Å². The quantitative estimate of drug-likeness (QED) is 0.366. The van der Waals surface area contributed by atoms with Crippen LogP contribution in [0.4, 0.5) is 0 Å². The molecule has 0 saturated carbocycles. The lowest BCUT2D eigenvalue weighted by molar-refractivity contribution is 0.250. The molecule has 5 heteroatoms. The molecule has 0 amide bonds. The van der Waals surface area contributed by atoms with Crippen LogP contribution in [0.2, 0.25) is 0 Å². The van der Waals surface area contributed by atoms with Crippen LogP contribution in [0, 0.1) is 5.92 Å². The summed E-state index contributed by atoms with van der Waals surface area (Å²) in [6, 6.07) is 5.35. The Labute approximate surface area is 116 Å². The molecule has 0 bridgehead atoms. The molecule has 1 aromatic rings. The Kier molecular flexibility index (Phi) is 5.98. The van der Waals surface area contributed by atoms with Crippen LogP contribution in [0.25, 0.3) is 0 Å². The van der Waals surface area contributed by atoms with Crippen molar-refractivity contribution in [2.75, 3.05) is 6.61 Å². The van der Waals surface area contributed by atoms with E-state index >= 15 is 0 Å². The molecule has 0 heterocycles. The van der Waals surface area contributed by atoms with Crippen molar-refractivity contribution in [1.29, 1.82) is 0 Å². The molecule has 1 unspecified atom stereocenters. The predicted octanol–water partition coefficient (Wildman–Crippen LogP) is 3.36. The fourth-order valence-corrected chi connectivity index (χ4v) is 2.14. The van der Waals surface area contributed by atoms with E-state index in [2.05, 4.69) is 34.9 Å². The van der Waals surface area contributed by atoms with E-state index in [1.807, 2.05) is 6.07 Å². The van der Waals surface area contributed by atoms with Crippen LogP contribution in [0.15, 0.2) is 27.8 Å². The van der Waals surface area contributed by atoms with Gasteiger partial charge in [-0.15, -0.1) is 0 Å². The van der Waals surface area contributed by atoms with Crippen molar-refractivity contribution in [3.63, 3.8) is 0 Å². The van der Waals surface area contributed by atoms with E-state index in [4.69, 9.17) is 15.7 Å². The zero-order valence-corrected chi connectivity index (χ0v) is 12.3. The van der Waals surface area contributed by atoms with E-state index in [0.29, 0.717) is 18.1 Å². The molecule has 0 spiro atoms. The van der Waals surface area contributed by atoms with Crippen molar-refractivity contribution in [2.45, 2.75) is 26.7 Å². The van der Waals surface area contributed by atoms with E-state index in [1.54, 1.807) is 12.1 Å². The zero-order chi connectivity index (χ0) is 13.5. The molecule has 0 aliphatic carbocycles. The Morgan fingerprint density at radius 1 is 1.56 bits per heavy atom. The molecule has 0 aromatic heterocycles. The topological polar surface area (TPSA) is 67.8 Å². The van der Waals surface area contributed by atoms with Crippen molar-refractivity contribution >= 4 is 21.8 Å². The second-order valence-electron chi connectivity index (χ2n) is 4.34. The smallest absolute Gasteiger partial charge is 0.170 e. The fraction of sp³-hybridized carbons (Fsp3) is 0.462. The van der Waals surface area contributed by atoms with Crippen LogP contribution in [-0.2, 0) is 0 Å². The third kappa shape index (κ3) is 4.22. The number of ether oxygens (including phenoxy) is 1. The molecule has 0 fully saturated rings. The van der Waals surface area contributed by atoms with Crippen molar-refractivity contribution < 1.29 is 9.94 Å². The van der Waals surface area contributed by atoms with Crippen molar-refractivity contribution in [1.82, 2.24) is 0 Å². The summed E-state index contributed by atoms with van der Waals surface area (Å²) in [4.78, 5) is 0. The lowest BCUT2D eigenvalue weighted by atomic mass is 10.1. The highest BCUT2D eigenvalue weighted by atomic mass is 79.9. The standard InChI is InChI=1S/C13H19BrN2O2/c1-3-4-9(2)8-18-12-6-5-10(7-11(12)14)13(15)16-17/h5-7,9,17H,3-4,8H2,1-2H3,(H2,15,16). The van der Waals surface area contributed by atoms with Gasteiger partial charge in [0.05, 0.1) is 11.1 Å². The Morgan fingerprint density at radius 2 is 2.28 bits per heavy atom. The van der Waals surface area contributed by atoms with Crippen molar-refractivity contribution in [2.24, 2.45) is 16.8 Å². The summed E-state index contributed by atoms with van der Waals surface area (Å²) in [6.07, 6.45) is 2.31. The molecule has 1 atom stereocenters. The third-order valence-electron chi connectivity index (χ3n) is 2.64. The fourth-order valence-electron chi connectivity index (χ4n) is 1.64. The zero-order valence-electron chi connectivity index (χ0n) is 10.7. The van der Waals surface area contributed by atoms with Gasteiger partial charge in [-0.05, 0) is 46.5 Å². The maximum Gasteiger partial charge on any atom is 0.170 e. The van der Waals surface area contributed by atoms with Gasteiger partial charge in [0.25, 0.3) is 0 Å². The van der Waals surface area contributed by atoms with Gasteiger partial charge in [-0.25, -0.2) is 0 Å². The molecule has 100 valence electrons. The highest BCUT2D eigenvalue weighted by Gasteiger charge is 2.07. The number of nitrogens with zero attached hydrogens (tertiary/aromatic N) is 1. The number of benzene rings is 1. The van der Waals surface area contributed by atoms with Gasteiger partial charge in [0.15, 0.2) is 5.84 Å². The average Bonchev–Trinajstić information content (AvgIpc) is 2.36. The molecule has 0 aliphatic heterocycles. The van der Waals surface area contributed by atoms with Gasteiger partial charge in [0.2, 0.25) is 0 Å².